The minimum absolute atomic E-state index is 0.0243. The van der Waals surface area contributed by atoms with E-state index in [-0.39, 0.29) is 12.6 Å². The molecule has 0 aromatic carbocycles. The molecule has 0 radical (unpaired) electrons. The third kappa shape index (κ3) is 2.46. The lowest BCUT2D eigenvalue weighted by Gasteiger charge is -2.11. The number of hydrogen-bond donors (Lipinski definition) is 2. The van der Waals surface area contributed by atoms with Crippen LogP contribution < -0.4 is 5.32 Å². The Morgan fingerprint density at radius 2 is 2.50 bits per heavy atom. The Morgan fingerprint density at radius 3 is 3.08 bits per heavy atom. The lowest BCUT2D eigenvalue weighted by Crippen LogP contribution is -2.20. The lowest BCUT2D eigenvalue weighted by molar-refractivity contribution is 0.281. The molecular weight excluding hydrogens is 220 g/mol. The van der Waals surface area contributed by atoms with E-state index in [1.54, 1.807) is 6.20 Å². The van der Waals surface area contributed by atoms with E-state index in [0.29, 0.717) is 0 Å². The Kier molecular flexibility index (Phi) is 3.49. The molecule has 0 unspecified atom stereocenters. The van der Waals surface area contributed by atoms with Gasteiger partial charge in [-0.25, -0.2) is 4.98 Å². The number of hydrogen-bond acceptors (Lipinski definition) is 3. The average molecular weight is 231 g/mol. The molecule has 0 spiro atoms. The predicted octanol–water partition coefficient (Wildman–Crippen LogP) is 1.64. The molecule has 1 aromatic rings. The third-order valence-electron chi connectivity index (χ3n) is 1.42. The SMILES string of the molecule is C[C@@H](CO)Nc1ncccc1Br. The molecule has 66 valence electrons. The van der Waals surface area contributed by atoms with Gasteiger partial charge in [0.1, 0.15) is 5.82 Å². The summed E-state index contributed by atoms with van der Waals surface area (Å²) in [4.78, 5) is 4.10. The van der Waals surface area contributed by atoms with Crippen LogP contribution in [0.4, 0.5) is 5.82 Å². The molecule has 0 aliphatic rings. The van der Waals surface area contributed by atoms with Gasteiger partial charge in [-0.3, -0.25) is 0 Å². The van der Waals surface area contributed by atoms with Gasteiger partial charge in [-0.1, -0.05) is 0 Å². The summed E-state index contributed by atoms with van der Waals surface area (Å²) in [5.41, 5.74) is 0. The summed E-state index contributed by atoms with van der Waals surface area (Å²) in [5.74, 6) is 0.763. The van der Waals surface area contributed by atoms with E-state index in [4.69, 9.17) is 5.11 Å². The van der Waals surface area contributed by atoms with Crippen molar-refractivity contribution in [2.24, 2.45) is 0 Å². The van der Waals surface area contributed by atoms with Crippen molar-refractivity contribution in [3.05, 3.63) is 22.8 Å². The molecule has 12 heavy (non-hydrogen) atoms. The van der Waals surface area contributed by atoms with Crippen molar-refractivity contribution in [3.63, 3.8) is 0 Å². The maximum atomic E-state index is 8.78. The zero-order chi connectivity index (χ0) is 8.97. The summed E-state index contributed by atoms with van der Waals surface area (Å²) in [6.07, 6.45) is 1.71. The van der Waals surface area contributed by atoms with Crippen LogP contribution in [0.3, 0.4) is 0 Å². The predicted molar refractivity (Wildman–Crippen MR) is 52.1 cm³/mol. The van der Waals surface area contributed by atoms with Gasteiger partial charge in [-0.2, -0.15) is 0 Å². The molecule has 0 saturated heterocycles. The van der Waals surface area contributed by atoms with E-state index in [2.05, 4.69) is 26.2 Å². The Balaban J connectivity index is 2.69. The van der Waals surface area contributed by atoms with Crippen LogP contribution in [-0.4, -0.2) is 22.7 Å². The zero-order valence-corrected chi connectivity index (χ0v) is 8.37. The summed E-state index contributed by atoms with van der Waals surface area (Å²) < 4.78 is 0.908. The van der Waals surface area contributed by atoms with Gasteiger partial charge in [0.15, 0.2) is 0 Å². The highest BCUT2D eigenvalue weighted by molar-refractivity contribution is 9.10. The van der Waals surface area contributed by atoms with Gasteiger partial charge in [-0.05, 0) is 35.0 Å². The van der Waals surface area contributed by atoms with Gasteiger partial charge < -0.3 is 10.4 Å². The fourth-order valence-electron chi connectivity index (χ4n) is 0.771. The van der Waals surface area contributed by atoms with Crippen molar-refractivity contribution in [2.45, 2.75) is 13.0 Å². The second kappa shape index (κ2) is 4.42. The first kappa shape index (κ1) is 9.48. The van der Waals surface area contributed by atoms with Crippen LogP contribution in [0.25, 0.3) is 0 Å². The van der Waals surface area contributed by atoms with Crippen LogP contribution in [0.2, 0.25) is 0 Å². The molecule has 3 nitrogen and oxygen atoms in total. The first-order valence-electron chi connectivity index (χ1n) is 3.72. The van der Waals surface area contributed by atoms with E-state index >= 15 is 0 Å². The standard InChI is InChI=1S/C8H11BrN2O/c1-6(5-12)11-8-7(9)3-2-4-10-8/h2-4,6,12H,5H2,1H3,(H,10,11)/t6-/m0/s1. The van der Waals surface area contributed by atoms with Crippen LogP contribution >= 0.6 is 15.9 Å². The molecule has 0 amide bonds. The van der Waals surface area contributed by atoms with Gasteiger partial charge in [0.05, 0.1) is 11.1 Å². The third-order valence-corrected chi connectivity index (χ3v) is 2.06. The molecule has 0 bridgehead atoms. The second-order valence-electron chi connectivity index (χ2n) is 2.56. The quantitative estimate of drug-likeness (QED) is 0.831. The van der Waals surface area contributed by atoms with E-state index in [1.807, 2.05) is 19.1 Å². The fraction of sp³-hybridized carbons (Fsp3) is 0.375. The van der Waals surface area contributed by atoms with E-state index in [9.17, 15) is 0 Å². The van der Waals surface area contributed by atoms with Crippen molar-refractivity contribution < 1.29 is 5.11 Å². The molecule has 0 fully saturated rings. The molecule has 2 N–H and O–H groups in total. The summed E-state index contributed by atoms with van der Waals surface area (Å²) in [7, 11) is 0. The van der Waals surface area contributed by atoms with Crippen molar-refractivity contribution in [3.8, 4) is 0 Å². The van der Waals surface area contributed by atoms with Gasteiger partial charge in [-0.15, -0.1) is 0 Å². The maximum absolute atomic E-state index is 8.78. The topological polar surface area (TPSA) is 45.1 Å². The molecule has 1 rings (SSSR count). The van der Waals surface area contributed by atoms with Crippen molar-refractivity contribution in [1.82, 2.24) is 4.98 Å². The number of anilines is 1. The highest BCUT2D eigenvalue weighted by Crippen LogP contribution is 2.18. The molecule has 4 heteroatoms. The van der Waals surface area contributed by atoms with E-state index in [1.165, 1.54) is 0 Å². The summed E-state index contributed by atoms with van der Waals surface area (Å²) >= 11 is 3.35. The van der Waals surface area contributed by atoms with E-state index in [0.717, 1.165) is 10.3 Å². The van der Waals surface area contributed by atoms with Gasteiger partial charge in [0.25, 0.3) is 0 Å². The Bertz CT molecular complexity index is 255. The normalized spacial score (nSPS) is 12.6. The van der Waals surface area contributed by atoms with Gasteiger partial charge in [0.2, 0.25) is 0 Å². The number of aliphatic hydroxyl groups excluding tert-OH is 1. The summed E-state index contributed by atoms with van der Waals surface area (Å²) in [5, 5.41) is 11.8. The molecule has 1 aromatic heterocycles. The number of aromatic nitrogens is 1. The fourth-order valence-corrected chi connectivity index (χ4v) is 1.14. The first-order chi connectivity index (χ1) is 5.74. The average Bonchev–Trinajstić information content (AvgIpc) is 2.09. The molecule has 1 heterocycles. The van der Waals surface area contributed by atoms with Crippen molar-refractivity contribution >= 4 is 21.7 Å². The minimum Gasteiger partial charge on any atom is -0.394 e. The molecule has 0 saturated carbocycles. The Labute approximate surface area is 80.0 Å². The highest BCUT2D eigenvalue weighted by atomic mass is 79.9. The monoisotopic (exact) mass is 230 g/mol. The van der Waals surface area contributed by atoms with Gasteiger partial charge >= 0.3 is 0 Å². The number of pyridine rings is 1. The molecular formula is C8H11BrN2O. The van der Waals surface area contributed by atoms with Crippen molar-refractivity contribution in [1.29, 1.82) is 0 Å². The number of halogens is 1. The zero-order valence-electron chi connectivity index (χ0n) is 6.79. The number of aliphatic hydroxyl groups is 1. The van der Waals surface area contributed by atoms with Crippen LogP contribution in [-0.2, 0) is 0 Å². The van der Waals surface area contributed by atoms with Crippen molar-refractivity contribution in [2.75, 3.05) is 11.9 Å². The first-order valence-corrected chi connectivity index (χ1v) is 4.51. The Hall–Kier alpha value is -0.610. The number of rotatable bonds is 3. The largest absolute Gasteiger partial charge is 0.394 e. The number of nitrogens with one attached hydrogen (secondary N) is 1. The lowest BCUT2D eigenvalue weighted by atomic mass is 10.3. The number of nitrogens with zero attached hydrogens (tertiary/aromatic N) is 1. The van der Waals surface area contributed by atoms with Crippen LogP contribution in [0.15, 0.2) is 22.8 Å². The Morgan fingerprint density at radius 1 is 1.75 bits per heavy atom. The summed E-state index contributed by atoms with van der Waals surface area (Å²) in [6, 6.07) is 3.77. The van der Waals surface area contributed by atoms with Gasteiger partial charge in [0, 0.05) is 12.2 Å². The van der Waals surface area contributed by atoms with Crippen LogP contribution in [0.1, 0.15) is 6.92 Å². The smallest absolute Gasteiger partial charge is 0.140 e. The van der Waals surface area contributed by atoms with Crippen LogP contribution in [0, 0.1) is 0 Å². The minimum atomic E-state index is 0.0243. The maximum Gasteiger partial charge on any atom is 0.140 e. The van der Waals surface area contributed by atoms with Crippen LogP contribution in [0.5, 0.6) is 0 Å². The highest BCUT2D eigenvalue weighted by Gasteiger charge is 2.03. The van der Waals surface area contributed by atoms with E-state index < -0.39 is 0 Å². The summed E-state index contributed by atoms with van der Waals surface area (Å²) in [6.45, 7) is 1.99. The molecule has 0 aliphatic heterocycles. The second-order valence-corrected chi connectivity index (χ2v) is 3.42. The molecule has 0 aliphatic carbocycles. The molecule has 1 atom stereocenters.